The lowest BCUT2D eigenvalue weighted by molar-refractivity contribution is -0.355. The summed E-state index contributed by atoms with van der Waals surface area (Å²) >= 11 is 0. The summed E-state index contributed by atoms with van der Waals surface area (Å²) in [6.45, 7) is -1.35. The van der Waals surface area contributed by atoms with Crippen LogP contribution in [-0.4, -0.2) is 115 Å². The molecular weight excluding hydrogens is 332 g/mol. The van der Waals surface area contributed by atoms with Crippen LogP contribution < -0.4 is 0 Å². The highest BCUT2D eigenvalue weighted by atomic mass is 16.7. The molecule has 2 heterocycles. The van der Waals surface area contributed by atoms with Crippen LogP contribution in [0.4, 0.5) is 0 Å². The summed E-state index contributed by atoms with van der Waals surface area (Å²) in [5.41, 5.74) is 0. The van der Waals surface area contributed by atoms with Gasteiger partial charge in [0.25, 0.3) is 0 Å². The Morgan fingerprint density at radius 3 is 1.79 bits per heavy atom. The average molecular weight is 358 g/mol. The topological polar surface area (TPSA) is 190 Å². The second kappa shape index (κ2) is 8.78. The first-order chi connectivity index (χ1) is 10.8. The summed E-state index contributed by atoms with van der Waals surface area (Å²) in [7, 11) is 0. The van der Waals surface area contributed by atoms with E-state index < -0.39 is 74.6 Å². The van der Waals surface area contributed by atoms with Crippen molar-refractivity contribution in [3.8, 4) is 0 Å². The number of hydrogen-bond acceptors (Lipinski definition) is 11. The molecule has 0 saturated carbocycles. The Bertz CT molecular complexity index is 379. The largest absolute Gasteiger partial charge is 0.394 e. The van der Waals surface area contributed by atoms with Gasteiger partial charge in [0, 0.05) is 0 Å². The van der Waals surface area contributed by atoms with Crippen molar-refractivity contribution in [1.82, 2.24) is 0 Å². The fourth-order valence-electron chi connectivity index (χ4n) is 2.57. The molecule has 2 fully saturated rings. The van der Waals surface area contributed by atoms with E-state index in [9.17, 15) is 35.7 Å². The predicted octanol–water partition coefficient (Wildman–Crippen LogP) is -4.76. The SMILES string of the molecule is C.OCC1O[C@H](O[C@@H]2C(CO)O[C@H](O)C(O)[C@@H]2O)C(O)[C@H](O)[C@@H]1O. The Morgan fingerprint density at radius 2 is 1.25 bits per heavy atom. The Kier molecular flexibility index (Phi) is 7.90. The van der Waals surface area contributed by atoms with Crippen molar-refractivity contribution < 1.29 is 55.1 Å². The number of aliphatic hydroxyl groups is 8. The van der Waals surface area contributed by atoms with Gasteiger partial charge in [0.15, 0.2) is 12.6 Å². The van der Waals surface area contributed by atoms with Crippen LogP contribution >= 0.6 is 0 Å². The second-order valence-electron chi connectivity index (χ2n) is 5.53. The molecule has 0 aliphatic carbocycles. The third-order valence-corrected chi connectivity index (χ3v) is 3.98. The molecule has 11 heteroatoms. The van der Waals surface area contributed by atoms with Crippen molar-refractivity contribution >= 4 is 0 Å². The van der Waals surface area contributed by atoms with E-state index in [1.54, 1.807) is 0 Å². The van der Waals surface area contributed by atoms with Crippen molar-refractivity contribution in [2.24, 2.45) is 0 Å². The normalized spacial score (nSPS) is 49.5. The lowest BCUT2D eigenvalue weighted by Crippen LogP contribution is -2.64. The highest BCUT2D eigenvalue weighted by Crippen LogP contribution is 2.28. The van der Waals surface area contributed by atoms with E-state index in [2.05, 4.69) is 0 Å². The van der Waals surface area contributed by atoms with Gasteiger partial charge in [0.05, 0.1) is 13.2 Å². The maximum atomic E-state index is 9.94. The molecule has 2 rings (SSSR count). The molecule has 0 amide bonds. The van der Waals surface area contributed by atoms with Crippen molar-refractivity contribution in [1.29, 1.82) is 0 Å². The molecule has 8 N–H and O–H groups in total. The van der Waals surface area contributed by atoms with Gasteiger partial charge < -0.3 is 55.1 Å². The van der Waals surface area contributed by atoms with Gasteiger partial charge in [-0.1, -0.05) is 7.43 Å². The van der Waals surface area contributed by atoms with Crippen LogP contribution in [0, 0.1) is 0 Å². The summed E-state index contributed by atoms with van der Waals surface area (Å²) in [4.78, 5) is 0. The summed E-state index contributed by atoms with van der Waals surface area (Å²) in [6.07, 6.45) is -15.6. The lowest BCUT2D eigenvalue weighted by atomic mass is 9.97. The zero-order chi connectivity index (χ0) is 17.3. The summed E-state index contributed by atoms with van der Waals surface area (Å²) in [5.74, 6) is 0. The predicted molar refractivity (Wildman–Crippen MR) is 75.4 cm³/mol. The number of rotatable bonds is 4. The maximum absolute atomic E-state index is 9.94. The summed E-state index contributed by atoms with van der Waals surface area (Å²) in [5, 5.41) is 76.5. The minimum Gasteiger partial charge on any atom is -0.394 e. The van der Waals surface area contributed by atoms with E-state index in [0.717, 1.165) is 0 Å². The zero-order valence-corrected chi connectivity index (χ0v) is 12.0. The summed E-state index contributed by atoms with van der Waals surface area (Å²) < 4.78 is 15.3. The number of hydrogen-bond donors (Lipinski definition) is 8. The fraction of sp³-hybridized carbons (Fsp3) is 1.00. The number of aliphatic hydroxyl groups excluding tert-OH is 8. The molecule has 0 aromatic carbocycles. The van der Waals surface area contributed by atoms with Gasteiger partial charge in [-0.05, 0) is 0 Å². The minimum absolute atomic E-state index is 0. The molecule has 2 aliphatic rings. The van der Waals surface area contributed by atoms with E-state index >= 15 is 0 Å². The van der Waals surface area contributed by atoms with Gasteiger partial charge in [0.2, 0.25) is 0 Å². The fourth-order valence-corrected chi connectivity index (χ4v) is 2.57. The first-order valence-electron chi connectivity index (χ1n) is 7.08. The van der Waals surface area contributed by atoms with Crippen LogP contribution in [0.25, 0.3) is 0 Å². The van der Waals surface area contributed by atoms with Crippen molar-refractivity contribution in [2.45, 2.75) is 68.8 Å². The monoisotopic (exact) mass is 358 g/mol. The highest BCUT2D eigenvalue weighted by molar-refractivity contribution is 4.93. The molecule has 4 unspecified atom stereocenters. The first-order valence-corrected chi connectivity index (χ1v) is 7.08. The van der Waals surface area contributed by atoms with E-state index in [1.807, 2.05) is 0 Å². The Hall–Kier alpha value is -0.440. The van der Waals surface area contributed by atoms with Crippen LogP contribution in [0.15, 0.2) is 0 Å². The zero-order valence-electron chi connectivity index (χ0n) is 12.0. The molecule has 2 aliphatic heterocycles. The van der Waals surface area contributed by atoms with Crippen LogP contribution in [0.5, 0.6) is 0 Å². The van der Waals surface area contributed by atoms with Gasteiger partial charge >= 0.3 is 0 Å². The minimum atomic E-state index is -1.74. The second-order valence-corrected chi connectivity index (χ2v) is 5.53. The van der Waals surface area contributed by atoms with Gasteiger partial charge in [-0.15, -0.1) is 0 Å². The molecule has 24 heavy (non-hydrogen) atoms. The van der Waals surface area contributed by atoms with Gasteiger partial charge in [-0.25, -0.2) is 0 Å². The van der Waals surface area contributed by atoms with Crippen LogP contribution in [-0.2, 0) is 14.2 Å². The molecular formula is C13H26O11. The third kappa shape index (κ3) is 4.03. The lowest BCUT2D eigenvalue weighted by Gasteiger charge is -2.45. The van der Waals surface area contributed by atoms with E-state index in [1.165, 1.54) is 0 Å². The molecule has 0 radical (unpaired) electrons. The summed E-state index contributed by atoms with van der Waals surface area (Å²) in [6, 6.07) is 0. The Labute approximate surface area is 138 Å². The van der Waals surface area contributed by atoms with Gasteiger partial charge in [0.1, 0.15) is 48.8 Å². The van der Waals surface area contributed by atoms with Gasteiger partial charge in [-0.2, -0.15) is 0 Å². The maximum Gasteiger partial charge on any atom is 0.187 e. The smallest absolute Gasteiger partial charge is 0.187 e. The van der Waals surface area contributed by atoms with E-state index in [-0.39, 0.29) is 7.43 Å². The highest BCUT2D eigenvalue weighted by Gasteiger charge is 2.50. The molecule has 0 spiro atoms. The van der Waals surface area contributed by atoms with E-state index in [4.69, 9.17) is 19.3 Å². The van der Waals surface area contributed by atoms with Crippen LogP contribution in [0.3, 0.4) is 0 Å². The number of ether oxygens (including phenoxy) is 3. The molecule has 144 valence electrons. The first kappa shape index (κ1) is 21.6. The van der Waals surface area contributed by atoms with Crippen molar-refractivity contribution in [3.05, 3.63) is 0 Å². The van der Waals surface area contributed by atoms with Crippen LogP contribution in [0.2, 0.25) is 0 Å². The van der Waals surface area contributed by atoms with Gasteiger partial charge in [-0.3, -0.25) is 0 Å². The molecule has 0 aromatic rings. The third-order valence-electron chi connectivity index (χ3n) is 3.98. The van der Waals surface area contributed by atoms with Crippen molar-refractivity contribution in [3.63, 3.8) is 0 Å². The quantitative estimate of drug-likeness (QED) is 0.241. The molecule has 0 bridgehead atoms. The van der Waals surface area contributed by atoms with E-state index in [0.29, 0.717) is 0 Å². The molecule has 11 nitrogen and oxygen atoms in total. The van der Waals surface area contributed by atoms with Crippen LogP contribution in [0.1, 0.15) is 7.43 Å². The Morgan fingerprint density at radius 1 is 0.667 bits per heavy atom. The average Bonchev–Trinajstić information content (AvgIpc) is 2.55. The molecule has 0 aromatic heterocycles. The molecule has 2 saturated heterocycles. The van der Waals surface area contributed by atoms with Crippen molar-refractivity contribution in [2.75, 3.05) is 13.2 Å². The standard InChI is InChI=1S/C12H22O11.CH4/c13-1-3-5(15)6(16)9(19)12(22-3)23-10-4(2-14)21-11(20)8(18)7(10)17;/h3-20H,1-2H2;1H4/t3?,4?,5-,6-,7+,8?,9?,10-,11+,12-;/m1./s1. The Balaban J connectivity index is 0.00000288. The molecule has 10 atom stereocenters.